The number of nitrogens with zero attached hydrogens (tertiary/aromatic N) is 3. The van der Waals surface area contributed by atoms with E-state index in [0.717, 1.165) is 16.9 Å². The van der Waals surface area contributed by atoms with Crippen molar-refractivity contribution in [2.24, 2.45) is 0 Å². The number of carboxylic acids is 1. The number of nitrogens with one attached hydrogen (secondary N) is 1. The van der Waals surface area contributed by atoms with Gasteiger partial charge in [0.2, 0.25) is 0 Å². The molecule has 0 unspecified atom stereocenters. The maximum absolute atomic E-state index is 12.9. The number of methoxy groups -OCH3 is 1. The number of carboxylic acid groups (broad SMARTS) is 1. The summed E-state index contributed by atoms with van der Waals surface area (Å²) in [5.74, 6) is -0.0670. The fourth-order valence-electron chi connectivity index (χ4n) is 3.49. The first kappa shape index (κ1) is 21.1. The Hall–Kier alpha value is -4.14. The highest BCUT2D eigenvalue weighted by molar-refractivity contribution is 5.93. The van der Waals surface area contributed by atoms with Crippen molar-refractivity contribution in [3.8, 4) is 5.75 Å². The summed E-state index contributed by atoms with van der Waals surface area (Å²) in [5.41, 5.74) is 2.12. The number of fused-ring (bicyclic) bond motifs is 1. The lowest BCUT2D eigenvalue weighted by molar-refractivity contribution is 0.0696. The highest BCUT2D eigenvalue weighted by atomic mass is 16.5. The molecular formula is C23H22N4O5. The van der Waals surface area contributed by atoms with Gasteiger partial charge in [0.15, 0.2) is 0 Å². The van der Waals surface area contributed by atoms with Crippen molar-refractivity contribution in [1.29, 1.82) is 0 Å². The molecule has 164 valence electrons. The number of hydrogen-bond donors (Lipinski definition) is 2. The molecule has 0 saturated carbocycles. The average molecular weight is 434 g/mol. The fraction of sp³-hybridized carbons (Fsp3) is 0.217. The van der Waals surface area contributed by atoms with Crippen LogP contribution in [0.2, 0.25) is 0 Å². The number of amides is 2. The lowest BCUT2D eigenvalue weighted by Gasteiger charge is -2.27. The van der Waals surface area contributed by atoms with Crippen LogP contribution in [0.3, 0.4) is 0 Å². The maximum atomic E-state index is 12.9. The van der Waals surface area contributed by atoms with Crippen molar-refractivity contribution in [2.75, 3.05) is 13.7 Å². The van der Waals surface area contributed by atoms with Crippen molar-refractivity contribution in [3.05, 3.63) is 82.9 Å². The zero-order valence-electron chi connectivity index (χ0n) is 17.4. The first-order valence-electron chi connectivity index (χ1n) is 10.1. The van der Waals surface area contributed by atoms with Gasteiger partial charge in [0.05, 0.1) is 12.7 Å². The number of hydrogen-bond acceptors (Lipinski definition) is 5. The third-order valence-corrected chi connectivity index (χ3v) is 5.28. The topological polar surface area (TPSA) is 114 Å². The van der Waals surface area contributed by atoms with Crippen molar-refractivity contribution in [1.82, 2.24) is 19.8 Å². The Kier molecular flexibility index (Phi) is 5.89. The Morgan fingerprint density at radius 3 is 2.44 bits per heavy atom. The van der Waals surface area contributed by atoms with Gasteiger partial charge in [-0.3, -0.25) is 9.36 Å². The summed E-state index contributed by atoms with van der Waals surface area (Å²) in [6, 6.07) is 13.5. The van der Waals surface area contributed by atoms with E-state index in [0.29, 0.717) is 31.9 Å². The predicted molar refractivity (Wildman–Crippen MR) is 115 cm³/mol. The number of carbonyl (C=O) groups excluding carboxylic acids is 2. The molecule has 32 heavy (non-hydrogen) atoms. The molecular weight excluding hydrogens is 412 g/mol. The van der Waals surface area contributed by atoms with E-state index in [1.165, 1.54) is 22.9 Å². The highest BCUT2D eigenvalue weighted by Gasteiger charge is 2.27. The zero-order valence-corrected chi connectivity index (χ0v) is 17.4. The van der Waals surface area contributed by atoms with Gasteiger partial charge in [-0.1, -0.05) is 24.3 Å². The van der Waals surface area contributed by atoms with E-state index in [2.05, 4.69) is 10.3 Å². The van der Waals surface area contributed by atoms with Crippen LogP contribution in [0.15, 0.2) is 54.7 Å². The zero-order chi connectivity index (χ0) is 22.7. The Labute approximate surface area is 184 Å². The SMILES string of the molecule is COc1ccc(CNC(=O)c2cn3c(n2)CCN(Cc2ccc(C(=O)O)cc2)C3=O)cc1. The quantitative estimate of drug-likeness (QED) is 0.591. The summed E-state index contributed by atoms with van der Waals surface area (Å²) in [7, 11) is 1.59. The Morgan fingerprint density at radius 1 is 1.09 bits per heavy atom. The molecule has 9 heteroatoms. The minimum atomic E-state index is -0.994. The van der Waals surface area contributed by atoms with Gasteiger partial charge in [-0.25, -0.2) is 14.6 Å². The molecule has 3 aromatic rings. The number of ether oxygens (including phenoxy) is 1. The van der Waals surface area contributed by atoms with Crippen LogP contribution < -0.4 is 10.1 Å². The molecule has 2 heterocycles. The summed E-state index contributed by atoms with van der Waals surface area (Å²) >= 11 is 0. The molecule has 2 amide bonds. The summed E-state index contributed by atoms with van der Waals surface area (Å²) in [6.45, 7) is 1.14. The standard InChI is InChI=1S/C23H22N4O5/c1-32-18-8-4-15(5-9-18)12-24-21(28)19-14-27-20(25-19)10-11-26(23(27)31)13-16-2-6-17(7-3-16)22(29)30/h2-9,14H,10-13H2,1H3,(H,24,28)(H,29,30). The van der Waals surface area contributed by atoms with Crippen LogP contribution in [0.25, 0.3) is 0 Å². The molecule has 0 aliphatic carbocycles. The van der Waals surface area contributed by atoms with Crippen molar-refractivity contribution >= 4 is 17.9 Å². The molecule has 0 spiro atoms. The summed E-state index contributed by atoms with van der Waals surface area (Å²) < 4.78 is 6.52. The normalized spacial score (nSPS) is 12.9. The molecule has 2 aromatic carbocycles. The first-order valence-corrected chi connectivity index (χ1v) is 10.1. The first-order chi connectivity index (χ1) is 15.4. The number of aromatic carboxylic acids is 1. The molecule has 0 saturated heterocycles. The molecule has 0 radical (unpaired) electrons. The Bertz CT molecular complexity index is 1150. The van der Waals surface area contributed by atoms with Gasteiger partial charge >= 0.3 is 12.0 Å². The van der Waals surface area contributed by atoms with E-state index in [9.17, 15) is 14.4 Å². The van der Waals surface area contributed by atoms with Crippen LogP contribution in [-0.4, -0.2) is 51.1 Å². The van der Waals surface area contributed by atoms with E-state index >= 15 is 0 Å². The van der Waals surface area contributed by atoms with Crippen LogP contribution in [-0.2, 0) is 19.5 Å². The minimum absolute atomic E-state index is 0.189. The lowest BCUT2D eigenvalue weighted by atomic mass is 10.1. The number of benzene rings is 2. The van der Waals surface area contributed by atoms with E-state index in [1.54, 1.807) is 24.1 Å². The maximum Gasteiger partial charge on any atom is 0.335 e. The molecule has 9 nitrogen and oxygen atoms in total. The lowest BCUT2D eigenvalue weighted by Crippen LogP contribution is -2.40. The van der Waals surface area contributed by atoms with Crippen LogP contribution in [0.4, 0.5) is 4.79 Å². The molecule has 0 bridgehead atoms. The van der Waals surface area contributed by atoms with E-state index in [-0.39, 0.29) is 23.2 Å². The van der Waals surface area contributed by atoms with E-state index < -0.39 is 5.97 Å². The summed E-state index contributed by atoms with van der Waals surface area (Å²) in [5, 5.41) is 11.8. The van der Waals surface area contributed by atoms with Gasteiger partial charge in [0.25, 0.3) is 5.91 Å². The van der Waals surface area contributed by atoms with Crippen molar-refractivity contribution < 1.29 is 24.2 Å². The molecule has 1 aliphatic rings. The summed E-state index contributed by atoms with van der Waals surface area (Å²) in [6.07, 6.45) is 1.98. The molecule has 0 fully saturated rings. The monoisotopic (exact) mass is 434 g/mol. The average Bonchev–Trinajstić information content (AvgIpc) is 3.25. The van der Waals surface area contributed by atoms with Crippen molar-refractivity contribution in [3.63, 3.8) is 0 Å². The Morgan fingerprint density at radius 2 is 1.78 bits per heavy atom. The summed E-state index contributed by atoms with van der Waals surface area (Å²) in [4.78, 5) is 42.4. The molecule has 1 aromatic heterocycles. The second-order valence-electron chi connectivity index (χ2n) is 7.40. The van der Waals surface area contributed by atoms with Gasteiger partial charge < -0.3 is 20.1 Å². The van der Waals surface area contributed by atoms with Crippen LogP contribution >= 0.6 is 0 Å². The third kappa shape index (κ3) is 4.46. The largest absolute Gasteiger partial charge is 0.497 e. The smallest absolute Gasteiger partial charge is 0.335 e. The molecule has 4 rings (SSSR count). The third-order valence-electron chi connectivity index (χ3n) is 5.28. The van der Waals surface area contributed by atoms with Gasteiger partial charge in [0, 0.05) is 32.3 Å². The Balaban J connectivity index is 1.40. The molecule has 1 aliphatic heterocycles. The van der Waals surface area contributed by atoms with Gasteiger partial charge in [-0.2, -0.15) is 0 Å². The van der Waals surface area contributed by atoms with Crippen molar-refractivity contribution in [2.45, 2.75) is 19.5 Å². The second kappa shape index (κ2) is 8.93. The number of carbonyl (C=O) groups is 3. The minimum Gasteiger partial charge on any atom is -0.497 e. The number of imidazole rings is 1. The highest BCUT2D eigenvalue weighted by Crippen LogP contribution is 2.17. The molecule has 2 N–H and O–H groups in total. The fourth-order valence-corrected chi connectivity index (χ4v) is 3.49. The van der Waals surface area contributed by atoms with Gasteiger partial charge in [-0.15, -0.1) is 0 Å². The number of aromatic nitrogens is 2. The van der Waals surface area contributed by atoms with Crippen LogP contribution in [0.5, 0.6) is 5.75 Å². The molecule has 0 atom stereocenters. The predicted octanol–water partition coefficient (Wildman–Crippen LogP) is 2.55. The van der Waals surface area contributed by atoms with Gasteiger partial charge in [0.1, 0.15) is 17.3 Å². The van der Waals surface area contributed by atoms with Crippen LogP contribution in [0.1, 0.15) is 37.8 Å². The van der Waals surface area contributed by atoms with E-state index in [1.807, 2.05) is 24.3 Å². The second-order valence-corrected chi connectivity index (χ2v) is 7.40. The van der Waals surface area contributed by atoms with E-state index in [4.69, 9.17) is 9.84 Å². The number of rotatable bonds is 7. The van der Waals surface area contributed by atoms with Crippen LogP contribution in [0, 0.1) is 0 Å². The van der Waals surface area contributed by atoms with Gasteiger partial charge in [-0.05, 0) is 35.4 Å².